The summed E-state index contributed by atoms with van der Waals surface area (Å²) in [6, 6.07) is 14.2. The minimum atomic E-state index is -0.218. The minimum Gasteiger partial charge on any atom is -0.399 e. The van der Waals surface area contributed by atoms with E-state index in [4.69, 9.17) is 22.3 Å². The fourth-order valence-corrected chi connectivity index (χ4v) is 4.51. The molecule has 2 aromatic carbocycles. The predicted octanol–water partition coefficient (Wildman–Crippen LogP) is 3.05. The Hall–Kier alpha value is -4.31. The highest BCUT2D eigenvalue weighted by atomic mass is 35.5. The van der Waals surface area contributed by atoms with Crippen LogP contribution in [-0.4, -0.2) is 39.7 Å². The maximum atomic E-state index is 13.3. The molecule has 168 valence electrons. The molecule has 5 aromatic rings. The maximum absolute atomic E-state index is 13.3. The number of nitrogens with one attached hydrogen (secondary N) is 1. The van der Waals surface area contributed by atoms with E-state index < -0.39 is 0 Å². The van der Waals surface area contributed by atoms with Gasteiger partial charge in [0.05, 0.1) is 29.3 Å². The second-order valence-corrected chi connectivity index (χ2v) is 8.48. The Morgan fingerprint density at radius 1 is 1.12 bits per heavy atom. The molecule has 3 aromatic heterocycles. The Morgan fingerprint density at radius 2 is 1.97 bits per heavy atom. The molecule has 34 heavy (non-hydrogen) atoms. The standard InChI is InChI=1S/C23H18ClN9O/c24-14-3-6-19(32-12-27-30-31-32)16(9-14)17-10-22(34)33-20(7-8-21(33)28-17)23-26-11-18(29-23)13-1-4-15(25)5-2-13/h1-6,9-12,20H,7-8,25H2,(H,26,29)/t20-/m0/s1. The number of aromatic nitrogens is 8. The molecule has 10 nitrogen and oxygen atoms in total. The molecule has 0 radical (unpaired) electrons. The van der Waals surface area contributed by atoms with Crippen molar-refractivity contribution in [1.82, 2.24) is 39.7 Å². The van der Waals surface area contributed by atoms with E-state index in [0.29, 0.717) is 39.9 Å². The first-order chi connectivity index (χ1) is 16.6. The average Bonchev–Trinajstić information content (AvgIpc) is 3.60. The molecule has 1 atom stereocenters. The zero-order valence-electron chi connectivity index (χ0n) is 17.8. The summed E-state index contributed by atoms with van der Waals surface area (Å²) in [4.78, 5) is 26.0. The molecule has 0 unspecified atom stereocenters. The summed E-state index contributed by atoms with van der Waals surface area (Å²) in [6.07, 6.45) is 4.62. The SMILES string of the molecule is Nc1ccc(-c2cnc([C@@H]3CCc4nc(-c5cc(Cl)ccc5-n5cnnn5)cc(=O)n43)[nH]2)cc1. The van der Waals surface area contributed by atoms with Gasteiger partial charge in [0.25, 0.3) is 5.56 Å². The van der Waals surface area contributed by atoms with Gasteiger partial charge in [-0.1, -0.05) is 23.7 Å². The second-order valence-electron chi connectivity index (χ2n) is 8.04. The first kappa shape index (κ1) is 20.3. The van der Waals surface area contributed by atoms with Crippen molar-refractivity contribution >= 4 is 17.3 Å². The molecule has 1 aliphatic heterocycles. The third kappa shape index (κ3) is 3.44. The molecule has 0 spiro atoms. The van der Waals surface area contributed by atoms with E-state index in [0.717, 1.165) is 23.5 Å². The highest BCUT2D eigenvalue weighted by molar-refractivity contribution is 6.31. The Bertz CT molecular complexity index is 1550. The summed E-state index contributed by atoms with van der Waals surface area (Å²) in [7, 11) is 0. The van der Waals surface area contributed by atoms with Crippen LogP contribution in [0.3, 0.4) is 0 Å². The fourth-order valence-electron chi connectivity index (χ4n) is 4.34. The molecule has 0 saturated heterocycles. The number of imidazole rings is 1. The van der Waals surface area contributed by atoms with Gasteiger partial charge in [-0.3, -0.25) is 9.36 Å². The molecule has 11 heteroatoms. The molecule has 6 rings (SSSR count). The summed E-state index contributed by atoms with van der Waals surface area (Å²) >= 11 is 6.26. The Balaban J connectivity index is 1.39. The Labute approximate surface area is 198 Å². The van der Waals surface area contributed by atoms with Crippen LogP contribution >= 0.6 is 11.6 Å². The summed E-state index contributed by atoms with van der Waals surface area (Å²) in [5.74, 6) is 1.42. The molecule has 0 aliphatic carbocycles. The Kier molecular flexibility index (Phi) is 4.73. The third-order valence-electron chi connectivity index (χ3n) is 5.94. The van der Waals surface area contributed by atoms with Gasteiger partial charge < -0.3 is 10.7 Å². The number of halogens is 1. The van der Waals surface area contributed by atoms with Gasteiger partial charge in [0.15, 0.2) is 0 Å². The number of anilines is 1. The lowest BCUT2D eigenvalue weighted by atomic mass is 10.1. The van der Waals surface area contributed by atoms with Gasteiger partial charge in [0.2, 0.25) is 0 Å². The van der Waals surface area contributed by atoms with Gasteiger partial charge in [0, 0.05) is 28.8 Å². The number of aromatic amines is 1. The van der Waals surface area contributed by atoms with Crippen LogP contribution in [0.25, 0.3) is 28.2 Å². The molecule has 0 saturated carbocycles. The van der Waals surface area contributed by atoms with E-state index >= 15 is 0 Å². The van der Waals surface area contributed by atoms with Crippen molar-refractivity contribution in [2.75, 3.05) is 5.73 Å². The van der Waals surface area contributed by atoms with Gasteiger partial charge in [-0.15, -0.1) is 5.10 Å². The fraction of sp³-hybridized carbons (Fsp3) is 0.130. The lowest BCUT2D eigenvalue weighted by Crippen LogP contribution is -2.25. The molecule has 3 N–H and O–H groups in total. The molecule has 0 amide bonds. The van der Waals surface area contributed by atoms with Gasteiger partial charge >= 0.3 is 0 Å². The number of H-pyrrole nitrogens is 1. The van der Waals surface area contributed by atoms with E-state index in [2.05, 4.69) is 25.5 Å². The van der Waals surface area contributed by atoms with Crippen LogP contribution in [0.2, 0.25) is 5.02 Å². The molecule has 0 bridgehead atoms. The number of benzene rings is 2. The smallest absolute Gasteiger partial charge is 0.254 e. The van der Waals surface area contributed by atoms with Gasteiger partial charge in [-0.2, -0.15) is 4.68 Å². The summed E-state index contributed by atoms with van der Waals surface area (Å²) in [6.45, 7) is 0. The van der Waals surface area contributed by atoms with Gasteiger partial charge in [-0.25, -0.2) is 9.97 Å². The zero-order valence-corrected chi connectivity index (χ0v) is 18.5. The van der Waals surface area contributed by atoms with Crippen molar-refractivity contribution in [3.8, 4) is 28.2 Å². The molecule has 4 heterocycles. The number of aryl methyl sites for hydroxylation is 1. The van der Waals surface area contributed by atoms with E-state index in [-0.39, 0.29) is 11.6 Å². The number of nitrogens with zero attached hydrogens (tertiary/aromatic N) is 7. The highest BCUT2D eigenvalue weighted by Gasteiger charge is 2.29. The van der Waals surface area contributed by atoms with E-state index in [1.165, 1.54) is 17.1 Å². The predicted molar refractivity (Wildman–Crippen MR) is 127 cm³/mol. The van der Waals surface area contributed by atoms with Gasteiger partial charge in [-0.05, 0) is 52.7 Å². The maximum Gasteiger partial charge on any atom is 0.254 e. The number of nitrogens with two attached hydrogens (primary N) is 1. The summed E-state index contributed by atoms with van der Waals surface area (Å²) in [5, 5.41) is 11.9. The highest BCUT2D eigenvalue weighted by Crippen LogP contribution is 2.32. The molecule has 1 aliphatic rings. The monoisotopic (exact) mass is 471 g/mol. The van der Waals surface area contributed by atoms with Crippen molar-refractivity contribution in [1.29, 1.82) is 0 Å². The minimum absolute atomic E-state index is 0.157. The third-order valence-corrected chi connectivity index (χ3v) is 6.18. The topological polar surface area (TPSA) is 133 Å². The van der Waals surface area contributed by atoms with Crippen LogP contribution in [0.4, 0.5) is 5.69 Å². The lowest BCUT2D eigenvalue weighted by molar-refractivity contribution is 0.568. The number of nitrogen functional groups attached to an aromatic ring is 1. The average molecular weight is 472 g/mol. The van der Waals surface area contributed by atoms with Crippen molar-refractivity contribution in [3.63, 3.8) is 0 Å². The quantitative estimate of drug-likeness (QED) is 0.385. The van der Waals surface area contributed by atoms with Gasteiger partial charge in [0.1, 0.15) is 18.0 Å². The molecular weight excluding hydrogens is 454 g/mol. The van der Waals surface area contributed by atoms with Crippen LogP contribution in [0, 0.1) is 0 Å². The Morgan fingerprint density at radius 3 is 2.76 bits per heavy atom. The van der Waals surface area contributed by atoms with Crippen LogP contribution in [-0.2, 0) is 6.42 Å². The summed E-state index contributed by atoms with van der Waals surface area (Å²) in [5.41, 5.74) is 10.0. The number of rotatable bonds is 4. The van der Waals surface area contributed by atoms with Crippen molar-refractivity contribution < 1.29 is 0 Å². The number of tetrazole rings is 1. The van der Waals surface area contributed by atoms with Crippen molar-refractivity contribution in [3.05, 3.63) is 88.1 Å². The summed E-state index contributed by atoms with van der Waals surface area (Å²) < 4.78 is 3.22. The lowest BCUT2D eigenvalue weighted by Gasteiger charge is -2.14. The zero-order chi connectivity index (χ0) is 23.2. The number of hydrogen-bond acceptors (Lipinski definition) is 7. The first-order valence-corrected chi connectivity index (χ1v) is 11.0. The van der Waals surface area contributed by atoms with Crippen LogP contribution in [0.1, 0.15) is 24.1 Å². The number of hydrogen-bond donors (Lipinski definition) is 2. The van der Waals surface area contributed by atoms with Crippen LogP contribution in [0.15, 0.2) is 65.8 Å². The van der Waals surface area contributed by atoms with E-state index in [9.17, 15) is 4.79 Å². The van der Waals surface area contributed by atoms with Crippen LogP contribution in [0.5, 0.6) is 0 Å². The largest absolute Gasteiger partial charge is 0.399 e. The van der Waals surface area contributed by atoms with Crippen molar-refractivity contribution in [2.24, 2.45) is 0 Å². The molecular formula is C23H18ClN9O. The van der Waals surface area contributed by atoms with Crippen molar-refractivity contribution in [2.45, 2.75) is 18.9 Å². The van der Waals surface area contributed by atoms with E-state index in [1.54, 1.807) is 29.0 Å². The first-order valence-electron chi connectivity index (χ1n) is 10.6. The van der Waals surface area contributed by atoms with E-state index in [1.807, 2.05) is 24.3 Å². The normalized spacial score (nSPS) is 14.9. The number of fused-ring (bicyclic) bond motifs is 1. The second kappa shape index (κ2) is 7.92. The van der Waals surface area contributed by atoms with Crippen LogP contribution < -0.4 is 11.3 Å². The molecule has 0 fully saturated rings.